The van der Waals surface area contributed by atoms with Gasteiger partial charge in [-0.05, 0) is 35.8 Å². The number of amides is 1. The quantitative estimate of drug-likeness (QED) is 0.212. The van der Waals surface area contributed by atoms with Crippen LogP contribution in [0.4, 0.5) is 0 Å². The van der Waals surface area contributed by atoms with Crippen molar-refractivity contribution in [1.29, 1.82) is 0 Å². The summed E-state index contributed by atoms with van der Waals surface area (Å²) in [5.41, 5.74) is 9.24. The highest BCUT2D eigenvalue weighted by Crippen LogP contribution is 2.40. The van der Waals surface area contributed by atoms with E-state index in [0.717, 1.165) is 16.7 Å². The molecule has 1 amide bonds. The summed E-state index contributed by atoms with van der Waals surface area (Å²) < 4.78 is 35.5. The zero-order valence-corrected chi connectivity index (χ0v) is 22.3. The third kappa shape index (κ3) is 5.99. The van der Waals surface area contributed by atoms with Crippen LogP contribution in [-0.2, 0) is 24.4 Å². The van der Waals surface area contributed by atoms with Crippen LogP contribution in [0.15, 0.2) is 102 Å². The van der Waals surface area contributed by atoms with Crippen LogP contribution < -0.4 is 5.73 Å². The van der Waals surface area contributed by atoms with Crippen molar-refractivity contribution in [3.63, 3.8) is 0 Å². The highest BCUT2D eigenvalue weighted by Gasteiger charge is 2.54. The molecule has 0 spiro atoms. The van der Waals surface area contributed by atoms with E-state index in [2.05, 4.69) is 6.58 Å². The van der Waals surface area contributed by atoms with Gasteiger partial charge in [-0.2, -0.15) is 8.42 Å². The molecule has 0 saturated carbocycles. The lowest BCUT2D eigenvalue weighted by Crippen LogP contribution is -2.73. The van der Waals surface area contributed by atoms with Gasteiger partial charge in [-0.25, -0.2) is 4.79 Å². The van der Waals surface area contributed by atoms with Gasteiger partial charge in [0.15, 0.2) is 12.1 Å². The number of aryl methyl sites for hydroxylation is 1. The fourth-order valence-corrected chi connectivity index (χ4v) is 5.92. The summed E-state index contributed by atoms with van der Waals surface area (Å²) in [6.45, 7) is 5.83. The van der Waals surface area contributed by atoms with Crippen molar-refractivity contribution in [2.24, 2.45) is 5.73 Å². The molecule has 2 aliphatic heterocycles. The summed E-state index contributed by atoms with van der Waals surface area (Å²) in [7, 11) is -4.02. The van der Waals surface area contributed by atoms with Crippen molar-refractivity contribution >= 4 is 33.8 Å². The summed E-state index contributed by atoms with van der Waals surface area (Å²) >= 11 is 1.54. The Balaban J connectivity index is 0.000000257. The van der Waals surface area contributed by atoms with Crippen LogP contribution in [-0.4, -0.2) is 53.0 Å². The maximum Gasteiger partial charge on any atom is 0.334 e. The monoisotopic (exact) mass is 552 g/mol. The number of ether oxygens (including phenoxy) is 1. The second kappa shape index (κ2) is 11.5. The number of carbonyl (C=O) groups is 2. The van der Waals surface area contributed by atoms with Crippen molar-refractivity contribution in [3.8, 4) is 0 Å². The van der Waals surface area contributed by atoms with Gasteiger partial charge in [-0.1, -0.05) is 84.9 Å². The third-order valence-electron chi connectivity index (χ3n) is 6.21. The topological polar surface area (TPSA) is 127 Å². The number of rotatable bonds is 5. The molecular formula is C28H28N2O6S2. The number of thioether (sulfide) groups is 1. The van der Waals surface area contributed by atoms with Crippen LogP contribution in [0.1, 0.15) is 22.8 Å². The van der Waals surface area contributed by atoms with Gasteiger partial charge < -0.3 is 15.4 Å². The van der Waals surface area contributed by atoms with Crippen LogP contribution in [0.3, 0.4) is 0 Å². The number of hydrogen-bond donors (Lipinski definition) is 2. The lowest BCUT2D eigenvalue weighted by molar-refractivity contribution is -0.164. The van der Waals surface area contributed by atoms with Gasteiger partial charge in [0.1, 0.15) is 11.4 Å². The highest BCUT2D eigenvalue weighted by molar-refractivity contribution is 8.00. The molecule has 10 heteroatoms. The van der Waals surface area contributed by atoms with E-state index in [0.29, 0.717) is 11.3 Å². The minimum absolute atomic E-state index is 0.0666. The first-order valence-electron chi connectivity index (χ1n) is 11.8. The lowest BCUT2D eigenvalue weighted by Gasteiger charge is -2.51. The fraction of sp³-hybridized carbons (Fsp3) is 0.214. The zero-order chi connectivity index (χ0) is 27.4. The average Bonchev–Trinajstić information content (AvgIpc) is 2.92. The first kappa shape index (κ1) is 27.6. The number of nitrogens with two attached hydrogens (primary N) is 1. The van der Waals surface area contributed by atoms with Gasteiger partial charge in [0, 0.05) is 5.75 Å². The van der Waals surface area contributed by atoms with E-state index in [9.17, 15) is 18.0 Å². The third-order valence-corrected chi connectivity index (χ3v) is 8.47. The van der Waals surface area contributed by atoms with Gasteiger partial charge >= 0.3 is 5.97 Å². The van der Waals surface area contributed by atoms with Crippen LogP contribution in [0, 0.1) is 6.92 Å². The molecule has 0 aliphatic carbocycles. The number of carbonyl (C=O) groups excluding carboxylic acids is 2. The van der Waals surface area contributed by atoms with Crippen molar-refractivity contribution in [2.45, 2.75) is 35.4 Å². The Morgan fingerprint density at radius 1 is 1.03 bits per heavy atom. The number of fused-ring (bicyclic) bond motifs is 1. The van der Waals surface area contributed by atoms with Crippen LogP contribution in [0.5, 0.6) is 0 Å². The van der Waals surface area contributed by atoms with E-state index in [4.69, 9.17) is 15.0 Å². The van der Waals surface area contributed by atoms with E-state index in [1.54, 1.807) is 12.1 Å². The summed E-state index contributed by atoms with van der Waals surface area (Å²) in [5, 5.41) is -0.188. The predicted octanol–water partition coefficient (Wildman–Crippen LogP) is 3.73. The minimum atomic E-state index is -4.02. The van der Waals surface area contributed by atoms with E-state index < -0.39 is 34.3 Å². The Bertz CT molecular complexity index is 1370. The molecule has 3 atom stereocenters. The SMILES string of the molecule is C=C1CS[C@H]2C(N)C(=O)N2C1C(=O)OC(c1ccccc1)c1ccccc1.Cc1ccc(S(=O)(=O)O)cc1. The molecule has 2 unspecified atom stereocenters. The molecule has 2 aliphatic rings. The molecule has 198 valence electrons. The Morgan fingerprint density at radius 2 is 1.55 bits per heavy atom. The normalized spacial score (nSPS) is 20.6. The highest BCUT2D eigenvalue weighted by atomic mass is 32.2. The molecule has 2 fully saturated rings. The number of benzene rings is 3. The van der Waals surface area contributed by atoms with E-state index in [-0.39, 0.29) is 16.2 Å². The predicted molar refractivity (Wildman–Crippen MR) is 146 cm³/mol. The van der Waals surface area contributed by atoms with Gasteiger partial charge in [0.2, 0.25) is 5.91 Å². The number of β-lactam (4-membered cyclic amide) rings is 1. The molecule has 3 N–H and O–H groups in total. The van der Waals surface area contributed by atoms with Gasteiger partial charge in [0.25, 0.3) is 10.1 Å². The zero-order valence-electron chi connectivity index (χ0n) is 20.6. The molecule has 5 rings (SSSR count). The largest absolute Gasteiger partial charge is 0.451 e. The first-order valence-corrected chi connectivity index (χ1v) is 14.3. The molecule has 0 aromatic heterocycles. The van der Waals surface area contributed by atoms with Crippen LogP contribution in [0.2, 0.25) is 0 Å². The Hall–Kier alpha value is -3.44. The smallest absolute Gasteiger partial charge is 0.334 e. The molecule has 8 nitrogen and oxygen atoms in total. The van der Waals surface area contributed by atoms with E-state index in [1.807, 2.05) is 67.6 Å². The van der Waals surface area contributed by atoms with Crippen molar-refractivity contribution in [2.75, 3.05) is 5.75 Å². The molecule has 2 heterocycles. The van der Waals surface area contributed by atoms with Crippen molar-refractivity contribution in [3.05, 3.63) is 114 Å². The maximum atomic E-state index is 13.1. The summed E-state index contributed by atoms with van der Waals surface area (Å²) in [5.74, 6) is -0.113. The fourth-order valence-electron chi connectivity index (χ4n) is 4.19. The molecule has 3 aromatic rings. The van der Waals surface area contributed by atoms with Crippen molar-refractivity contribution < 1.29 is 27.3 Å². The minimum Gasteiger partial charge on any atom is -0.451 e. The molecule has 3 aromatic carbocycles. The number of hydrogen-bond acceptors (Lipinski definition) is 7. The van der Waals surface area contributed by atoms with Crippen LogP contribution >= 0.6 is 11.8 Å². The van der Waals surface area contributed by atoms with E-state index in [1.165, 1.54) is 28.8 Å². The van der Waals surface area contributed by atoms with Crippen molar-refractivity contribution in [1.82, 2.24) is 4.90 Å². The molecule has 0 bridgehead atoms. The molecule has 38 heavy (non-hydrogen) atoms. The number of nitrogens with zero attached hydrogens (tertiary/aromatic N) is 1. The Kier molecular flexibility index (Phi) is 8.37. The molecular weight excluding hydrogens is 524 g/mol. The first-order chi connectivity index (χ1) is 18.1. The van der Waals surface area contributed by atoms with Gasteiger partial charge in [0.05, 0.1) is 4.90 Å². The molecule has 0 radical (unpaired) electrons. The Morgan fingerprint density at radius 3 is 2.05 bits per heavy atom. The molecule has 2 saturated heterocycles. The maximum absolute atomic E-state index is 13.1. The van der Waals surface area contributed by atoms with Gasteiger partial charge in [-0.15, -0.1) is 11.8 Å². The standard InChI is InChI=1S/C21H20N2O3S.C7H8O3S/c1-13-12-27-20-16(22)19(24)23(20)17(13)21(25)26-18(14-8-4-2-5-9-14)15-10-6-3-7-11-15;1-6-2-4-7(5-3-6)11(8,9)10/h2-11,16-18,20H,1,12,22H2;2-5H,1H3,(H,8,9,10)/t16?,17?,20-;/m0./s1. The summed E-state index contributed by atoms with van der Waals surface area (Å²) in [6.07, 6.45) is -0.550. The second-order valence-corrected chi connectivity index (χ2v) is 11.5. The second-order valence-electron chi connectivity index (χ2n) is 8.96. The Labute approximate surface area is 226 Å². The van der Waals surface area contributed by atoms with Crippen LogP contribution in [0.25, 0.3) is 0 Å². The van der Waals surface area contributed by atoms with Gasteiger partial charge in [-0.3, -0.25) is 9.35 Å². The number of esters is 1. The lowest BCUT2D eigenvalue weighted by atomic mass is 9.98. The summed E-state index contributed by atoms with van der Waals surface area (Å²) in [6, 6.07) is 23.8. The summed E-state index contributed by atoms with van der Waals surface area (Å²) in [4.78, 5) is 26.7. The van der Waals surface area contributed by atoms with E-state index >= 15 is 0 Å². The average molecular weight is 553 g/mol.